The molecule has 0 fully saturated rings. The van der Waals surface area contributed by atoms with E-state index in [1.165, 1.54) is 19.4 Å². The van der Waals surface area contributed by atoms with Gasteiger partial charge >= 0.3 is 5.82 Å². The summed E-state index contributed by atoms with van der Waals surface area (Å²) in [6.45, 7) is 1.54. The van der Waals surface area contributed by atoms with Crippen molar-refractivity contribution in [1.82, 2.24) is 9.88 Å². The summed E-state index contributed by atoms with van der Waals surface area (Å²) in [6, 6.07) is 6.89. The number of benzene rings is 1. The van der Waals surface area contributed by atoms with Crippen LogP contribution in [0.3, 0.4) is 0 Å². The Morgan fingerprint density at radius 3 is 2.96 bits per heavy atom. The summed E-state index contributed by atoms with van der Waals surface area (Å²) in [7, 11) is 1.34. The largest absolute Gasteiger partial charge is 0.489 e. The van der Waals surface area contributed by atoms with Gasteiger partial charge < -0.3 is 24.5 Å². The van der Waals surface area contributed by atoms with Crippen molar-refractivity contribution in [2.75, 3.05) is 20.2 Å². The third kappa shape index (κ3) is 2.65. The highest BCUT2D eigenvalue weighted by molar-refractivity contribution is 6.11. The smallest absolute Gasteiger partial charge is 0.406 e. The molecule has 4 rings (SSSR count). The Kier molecular flexibility index (Phi) is 3.53. The third-order valence-corrected chi connectivity index (χ3v) is 3.86. The zero-order chi connectivity index (χ0) is 17.4. The Bertz CT molecular complexity index is 925. The predicted molar refractivity (Wildman–Crippen MR) is 90.2 cm³/mol. The molecule has 2 aliphatic heterocycles. The molecule has 0 atom stereocenters. The highest BCUT2D eigenvalue weighted by atomic mass is 16.6. The molecule has 0 radical (unpaired) electrons. The summed E-state index contributed by atoms with van der Waals surface area (Å²) in [5.74, 6) is 1.45. The first-order valence-electron chi connectivity index (χ1n) is 7.51. The van der Waals surface area contributed by atoms with Crippen LogP contribution in [0.15, 0.2) is 40.4 Å². The van der Waals surface area contributed by atoms with Crippen molar-refractivity contribution in [2.45, 2.75) is 0 Å². The number of rotatable bonds is 4. The lowest BCUT2D eigenvalue weighted by Gasteiger charge is -2.21. The van der Waals surface area contributed by atoms with Gasteiger partial charge in [0, 0.05) is 18.2 Å². The van der Waals surface area contributed by atoms with Crippen molar-refractivity contribution in [3.8, 4) is 17.2 Å². The first kappa shape index (κ1) is 15.1. The zero-order valence-corrected chi connectivity index (χ0v) is 13.2. The standard InChI is InChI=1S/C16H13N5O4/c1-24-14-7-11(8-18-16(14)21(22)23)25-10-2-3-13-12(6-10)15-17-4-5-20(15)9-19-13/h2-3,6-9H,4-5H2,1H3. The van der Waals surface area contributed by atoms with Crippen LogP contribution >= 0.6 is 0 Å². The van der Waals surface area contributed by atoms with E-state index in [0.717, 1.165) is 30.2 Å². The minimum Gasteiger partial charge on any atom is -0.489 e. The van der Waals surface area contributed by atoms with E-state index in [1.807, 2.05) is 17.0 Å². The molecule has 0 saturated carbocycles. The van der Waals surface area contributed by atoms with E-state index >= 15 is 0 Å². The van der Waals surface area contributed by atoms with E-state index in [-0.39, 0.29) is 11.6 Å². The summed E-state index contributed by atoms with van der Waals surface area (Å²) in [4.78, 5) is 25.0. The maximum atomic E-state index is 10.9. The van der Waals surface area contributed by atoms with Crippen molar-refractivity contribution in [3.05, 3.63) is 46.1 Å². The van der Waals surface area contributed by atoms with Gasteiger partial charge in [0.1, 0.15) is 11.6 Å². The summed E-state index contributed by atoms with van der Waals surface area (Å²) in [6.07, 6.45) is 3.07. The summed E-state index contributed by atoms with van der Waals surface area (Å²) < 4.78 is 10.8. The molecule has 1 aromatic heterocycles. The second kappa shape index (κ2) is 5.86. The number of aromatic nitrogens is 1. The van der Waals surface area contributed by atoms with E-state index in [9.17, 15) is 10.1 Å². The van der Waals surface area contributed by atoms with Gasteiger partial charge in [-0.05, 0) is 28.1 Å². The molecule has 0 N–H and O–H groups in total. The molecule has 0 amide bonds. The highest BCUT2D eigenvalue weighted by Gasteiger charge is 2.24. The van der Waals surface area contributed by atoms with Crippen LogP contribution in [-0.4, -0.2) is 47.2 Å². The van der Waals surface area contributed by atoms with E-state index in [2.05, 4.69) is 15.0 Å². The van der Waals surface area contributed by atoms with Crippen molar-refractivity contribution < 1.29 is 14.4 Å². The number of methoxy groups -OCH3 is 1. The fourth-order valence-electron chi connectivity index (χ4n) is 2.71. The van der Waals surface area contributed by atoms with Crippen molar-refractivity contribution in [2.24, 2.45) is 9.98 Å². The number of hydrogen-bond acceptors (Lipinski definition) is 8. The summed E-state index contributed by atoms with van der Waals surface area (Å²) >= 11 is 0. The average Bonchev–Trinajstić information content (AvgIpc) is 3.10. The van der Waals surface area contributed by atoms with Crippen LogP contribution in [0.4, 0.5) is 11.5 Å². The topological polar surface area (TPSA) is 102 Å². The van der Waals surface area contributed by atoms with Gasteiger partial charge in [0.2, 0.25) is 5.75 Å². The third-order valence-electron chi connectivity index (χ3n) is 3.86. The molecule has 0 aliphatic carbocycles. The number of pyridine rings is 1. The van der Waals surface area contributed by atoms with E-state index in [0.29, 0.717) is 11.5 Å². The highest BCUT2D eigenvalue weighted by Crippen LogP contribution is 2.34. The van der Waals surface area contributed by atoms with Crippen LogP contribution in [0.1, 0.15) is 5.56 Å². The SMILES string of the molecule is COc1cc(Oc2ccc3c(c2)C2=NCCN2C=N3)cnc1[N+](=O)[O-]. The Hall–Kier alpha value is -3.49. The molecule has 3 heterocycles. The number of amidine groups is 1. The number of hydrogen-bond donors (Lipinski definition) is 0. The van der Waals surface area contributed by atoms with Crippen molar-refractivity contribution >= 4 is 23.7 Å². The van der Waals surface area contributed by atoms with E-state index in [1.54, 1.807) is 12.4 Å². The lowest BCUT2D eigenvalue weighted by Crippen LogP contribution is -2.29. The van der Waals surface area contributed by atoms with Gasteiger partial charge in [-0.3, -0.25) is 4.99 Å². The van der Waals surface area contributed by atoms with Crippen LogP contribution in [0, 0.1) is 10.1 Å². The van der Waals surface area contributed by atoms with E-state index in [4.69, 9.17) is 9.47 Å². The lowest BCUT2D eigenvalue weighted by molar-refractivity contribution is -0.390. The minimum absolute atomic E-state index is 0.0383. The Morgan fingerprint density at radius 2 is 2.16 bits per heavy atom. The number of ether oxygens (including phenoxy) is 2. The predicted octanol–water partition coefficient (Wildman–Crippen LogP) is 2.53. The molecule has 0 saturated heterocycles. The van der Waals surface area contributed by atoms with Crippen molar-refractivity contribution in [1.29, 1.82) is 0 Å². The molecule has 9 nitrogen and oxygen atoms in total. The fraction of sp³-hybridized carbons (Fsp3) is 0.188. The molecule has 0 spiro atoms. The molecular formula is C16H13N5O4. The molecule has 0 unspecified atom stereocenters. The molecule has 126 valence electrons. The second-order valence-corrected chi connectivity index (χ2v) is 5.38. The molecule has 9 heteroatoms. The van der Waals surface area contributed by atoms with Gasteiger partial charge in [0.05, 0.1) is 25.7 Å². The molecule has 25 heavy (non-hydrogen) atoms. The quantitative estimate of drug-likeness (QED) is 0.626. The number of fused-ring (bicyclic) bond motifs is 3. The normalized spacial score (nSPS) is 14.6. The number of nitrogens with zero attached hydrogens (tertiary/aromatic N) is 5. The van der Waals surface area contributed by atoms with Gasteiger partial charge in [0.15, 0.2) is 11.9 Å². The molecule has 2 aromatic rings. The van der Waals surface area contributed by atoms with Crippen LogP contribution in [0.25, 0.3) is 0 Å². The molecule has 1 aromatic carbocycles. The second-order valence-electron chi connectivity index (χ2n) is 5.38. The summed E-state index contributed by atoms with van der Waals surface area (Å²) in [5.41, 5.74) is 1.71. The fourth-order valence-corrected chi connectivity index (χ4v) is 2.71. The van der Waals surface area contributed by atoms with Crippen molar-refractivity contribution in [3.63, 3.8) is 0 Å². The first-order valence-corrected chi connectivity index (χ1v) is 7.51. The van der Waals surface area contributed by atoms with Crippen LogP contribution in [-0.2, 0) is 0 Å². The monoisotopic (exact) mass is 339 g/mol. The molecular weight excluding hydrogens is 326 g/mol. The van der Waals surface area contributed by atoms with Crippen LogP contribution in [0.2, 0.25) is 0 Å². The van der Waals surface area contributed by atoms with Crippen LogP contribution < -0.4 is 9.47 Å². The lowest BCUT2D eigenvalue weighted by atomic mass is 10.1. The van der Waals surface area contributed by atoms with Gasteiger partial charge in [-0.15, -0.1) is 0 Å². The Balaban J connectivity index is 1.65. The van der Waals surface area contributed by atoms with Crippen LogP contribution in [0.5, 0.6) is 17.2 Å². The maximum Gasteiger partial charge on any atom is 0.406 e. The van der Waals surface area contributed by atoms with Gasteiger partial charge in [-0.1, -0.05) is 0 Å². The Labute approximate surface area is 142 Å². The molecule has 0 bridgehead atoms. The summed E-state index contributed by atoms with van der Waals surface area (Å²) in [5, 5.41) is 10.9. The molecule has 2 aliphatic rings. The number of aliphatic imine (C=N–C) groups is 2. The maximum absolute atomic E-state index is 10.9. The first-order chi connectivity index (χ1) is 12.2. The van der Waals surface area contributed by atoms with Gasteiger partial charge in [-0.2, -0.15) is 0 Å². The van der Waals surface area contributed by atoms with Gasteiger partial charge in [-0.25, -0.2) is 4.99 Å². The minimum atomic E-state index is -0.605. The average molecular weight is 339 g/mol. The number of nitro groups is 1. The van der Waals surface area contributed by atoms with E-state index < -0.39 is 4.92 Å². The Morgan fingerprint density at radius 1 is 1.28 bits per heavy atom. The zero-order valence-electron chi connectivity index (χ0n) is 13.2. The van der Waals surface area contributed by atoms with Gasteiger partial charge in [0.25, 0.3) is 0 Å².